The Kier molecular flexibility index (Phi) is 4.27. The number of benzene rings is 2. The van der Waals surface area contributed by atoms with Gasteiger partial charge in [-0.15, -0.1) is 0 Å². The maximum atomic E-state index is 13.6. The lowest BCUT2D eigenvalue weighted by Crippen LogP contribution is -2.13. The molecule has 1 nitrogen and oxygen atoms in total. The van der Waals surface area contributed by atoms with Gasteiger partial charge in [0, 0.05) is 6.42 Å². The molecule has 0 radical (unpaired) electrons. The predicted molar refractivity (Wildman–Crippen MR) is 66.1 cm³/mol. The van der Waals surface area contributed by atoms with Gasteiger partial charge in [-0.2, -0.15) is 0 Å². The van der Waals surface area contributed by atoms with Gasteiger partial charge in [0.15, 0.2) is 23.3 Å². The topological polar surface area (TPSA) is 20.2 Å². The Balaban J connectivity index is 2.45. The van der Waals surface area contributed by atoms with E-state index in [1.54, 1.807) is 31.2 Å². The highest BCUT2D eigenvalue weighted by molar-refractivity contribution is 5.31. The van der Waals surface area contributed by atoms with Gasteiger partial charge in [-0.25, -0.2) is 22.0 Å². The largest absolute Gasteiger partial charge is 0.388 e. The molecule has 2 aromatic carbocycles. The molecular weight excluding hydrogens is 291 g/mol. The highest BCUT2D eigenvalue weighted by Gasteiger charge is 2.29. The maximum absolute atomic E-state index is 13.6. The minimum Gasteiger partial charge on any atom is -0.388 e. The Labute approximate surface area is 117 Å². The van der Waals surface area contributed by atoms with Crippen molar-refractivity contribution in [2.75, 3.05) is 0 Å². The molecule has 6 heteroatoms. The zero-order valence-corrected chi connectivity index (χ0v) is 10.9. The zero-order valence-electron chi connectivity index (χ0n) is 10.9. The van der Waals surface area contributed by atoms with E-state index in [0.29, 0.717) is 5.56 Å². The van der Waals surface area contributed by atoms with Crippen molar-refractivity contribution in [3.63, 3.8) is 0 Å². The normalized spacial score (nSPS) is 12.5. The molecule has 0 aliphatic carbocycles. The smallest absolute Gasteiger partial charge is 0.200 e. The van der Waals surface area contributed by atoms with Gasteiger partial charge in [0.1, 0.15) is 0 Å². The fourth-order valence-corrected chi connectivity index (χ4v) is 2.06. The molecule has 1 atom stereocenters. The predicted octanol–water partition coefficient (Wildman–Crippen LogP) is 3.97. The average Bonchev–Trinajstić information content (AvgIpc) is 2.46. The summed E-state index contributed by atoms with van der Waals surface area (Å²) in [5, 5.41) is 9.86. The summed E-state index contributed by atoms with van der Waals surface area (Å²) in [4.78, 5) is 0. The van der Waals surface area contributed by atoms with Crippen LogP contribution in [0.2, 0.25) is 0 Å². The molecular formula is C15H11F5O. The van der Waals surface area contributed by atoms with Crippen LogP contribution in [0.1, 0.15) is 22.8 Å². The Hall–Kier alpha value is -1.95. The van der Waals surface area contributed by atoms with Crippen LogP contribution >= 0.6 is 0 Å². The minimum atomic E-state index is -2.24. The molecule has 21 heavy (non-hydrogen) atoms. The summed E-state index contributed by atoms with van der Waals surface area (Å²) < 4.78 is 66.3. The third-order valence-corrected chi connectivity index (χ3v) is 3.25. The first-order valence-corrected chi connectivity index (χ1v) is 6.08. The second kappa shape index (κ2) is 5.81. The summed E-state index contributed by atoms with van der Waals surface area (Å²) in [6.07, 6.45) is -2.10. The van der Waals surface area contributed by atoms with Crippen LogP contribution in [-0.2, 0) is 6.42 Å². The third kappa shape index (κ3) is 2.76. The van der Waals surface area contributed by atoms with Gasteiger partial charge in [-0.1, -0.05) is 24.3 Å². The van der Waals surface area contributed by atoms with Crippen molar-refractivity contribution in [1.82, 2.24) is 0 Å². The van der Waals surface area contributed by atoms with Crippen LogP contribution in [0, 0.1) is 36.0 Å². The molecule has 0 bridgehead atoms. The highest BCUT2D eigenvalue weighted by Crippen LogP contribution is 2.30. The van der Waals surface area contributed by atoms with Gasteiger partial charge in [0.05, 0.1) is 11.7 Å². The maximum Gasteiger partial charge on any atom is 0.200 e. The number of aryl methyl sites for hydroxylation is 1. The fraction of sp³-hybridized carbons (Fsp3) is 0.200. The number of hydrogen-bond donors (Lipinski definition) is 1. The number of aliphatic hydroxyl groups excluding tert-OH is 1. The highest BCUT2D eigenvalue weighted by atomic mass is 19.2. The molecule has 0 amide bonds. The molecule has 0 heterocycles. The molecule has 0 saturated heterocycles. The fourth-order valence-electron chi connectivity index (χ4n) is 2.06. The molecule has 1 N–H and O–H groups in total. The molecule has 0 aliphatic rings. The summed E-state index contributed by atoms with van der Waals surface area (Å²) >= 11 is 0. The minimum absolute atomic E-state index is 0.259. The van der Waals surface area contributed by atoms with Crippen molar-refractivity contribution >= 4 is 0 Å². The summed E-state index contributed by atoms with van der Waals surface area (Å²) in [6, 6.07) is 6.68. The van der Waals surface area contributed by atoms with Crippen molar-refractivity contribution in [3.8, 4) is 0 Å². The lowest BCUT2D eigenvalue weighted by atomic mass is 9.97. The van der Waals surface area contributed by atoms with Crippen LogP contribution in [0.3, 0.4) is 0 Å². The van der Waals surface area contributed by atoms with Crippen molar-refractivity contribution in [1.29, 1.82) is 0 Å². The molecule has 1 unspecified atom stereocenters. The molecule has 0 aliphatic heterocycles. The van der Waals surface area contributed by atoms with E-state index in [2.05, 4.69) is 0 Å². The number of rotatable bonds is 3. The van der Waals surface area contributed by atoms with Gasteiger partial charge in [0.25, 0.3) is 0 Å². The number of hydrogen-bond acceptors (Lipinski definition) is 1. The van der Waals surface area contributed by atoms with E-state index in [1.165, 1.54) is 0 Å². The summed E-state index contributed by atoms with van der Waals surface area (Å²) in [7, 11) is 0. The Morgan fingerprint density at radius 2 is 1.33 bits per heavy atom. The van der Waals surface area contributed by atoms with Gasteiger partial charge >= 0.3 is 0 Å². The van der Waals surface area contributed by atoms with Crippen LogP contribution in [0.4, 0.5) is 22.0 Å². The van der Waals surface area contributed by atoms with E-state index in [-0.39, 0.29) is 6.42 Å². The first kappa shape index (κ1) is 15.4. The van der Waals surface area contributed by atoms with Crippen LogP contribution in [0.25, 0.3) is 0 Å². The molecule has 112 valence electrons. The number of aliphatic hydroxyl groups is 1. The zero-order chi connectivity index (χ0) is 15.7. The van der Waals surface area contributed by atoms with Gasteiger partial charge in [-0.05, 0) is 18.1 Å². The van der Waals surface area contributed by atoms with E-state index in [4.69, 9.17) is 0 Å². The summed E-state index contributed by atoms with van der Waals surface area (Å²) in [6.45, 7) is 1.71. The molecule has 0 saturated carbocycles. The van der Waals surface area contributed by atoms with Crippen LogP contribution in [-0.4, -0.2) is 5.11 Å². The molecule has 0 spiro atoms. The lowest BCUT2D eigenvalue weighted by Gasteiger charge is -2.15. The average molecular weight is 302 g/mol. The summed E-state index contributed by atoms with van der Waals surface area (Å²) in [5.74, 6) is -10.4. The van der Waals surface area contributed by atoms with Gasteiger partial charge in [-0.3, -0.25) is 0 Å². The van der Waals surface area contributed by atoms with Crippen molar-refractivity contribution in [2.45, 2.75) is 19.4 Å². The van der Waals surface area contributed by atoms with E-state index < -0.39 is 40.8 Å². The monoisotopic (exact) mass is 302 g/mol. The molecule has 2 aromatic rings. The quantitative estimate of drug-likeness (QED) is 0.517. The molecule has 0 aromatic heterocycles. The third-order valence-electron chi connectivity index (χ3n) is 3.25. The van der Waals surface area contributed by atoms with Crippen LogP contribution in [0.5, 0.6) is 0 Å². The van der Waals surface area contributed by atoms with E-state index >= 15 is 0 Å². The second-order valence-electron chi connectivity index (χ2n) is 4.63. The SMILES string of the molecule is Cc1ccccc1CC(O)c1c(F)c(F)c(F)c(F)c1F. The van der Waals surface area contributed by atoms with E-state index in [9.17, 15) is 27.1 Å². The van der Waals surface area contributed by atoms with Gasteiger partial charge < -0.3 is 5.11 Å². The van der Waals surface area contributed by atoms with Crippen molar-refractivity contribution in [2.24, 2.45) is 0 Å². The van der Waals surface area contributed by atoms with Gasteiger partial charge in [0.2, 0.25) is 5.82 Å². The Morgan fingerprint density at radius 1 is 0.857 bits per heavy atom. The van der Waals surface area contributed by atoms with E-state index in [1.807, 2.05) is 0 Å². The van der Waals surface area contributed by atoms with Crippen LogP contribution < -0.4 is 0 Å². The Bertz CT molecular complexity index is 655. The first-order chi connectivity index (χ1) is 9.84. The lowest BCUT2D eigenvalue weighted by molar-refractivity contribution is 0.163. The Morgan fingerprint density at radius 3 is 1.86 bits per heavy atom. The van der Waals surface area contributed by atoms with Crippen molar-refractivity contribution in [3.05, 3.63) is 70.0 Å². The first-order valence-electron chi connectivity index (χ1n) is 6.08. The molecule has 0 fully saturated rings. The second-order valence-corrected chi connectivity index (χ2v) is 4.63. The van der Waals surface area contributed by atoms with E-state index in [0.717, 1.165) is 5.56 Å². The number of halogens is 5. The summed E-state index contributed by atoms with van der Waals surface area (Å²) in [5.41, 5.74) is 0.0732. The standard InChI is InChI=1S/C15H11F5O/c1-7-4-2-3-5-8(7)6-9(21)10-11(16)13(18)15(20)14(19)12(10)17/h2-5,9,21H,6H2,1H3. The molecule has 2 rings (SSSR count). The van der Waals surface area contributed by atoms with Crippen LogP contribution in [0.15, 0.2) is 24.3 Å². The van der Waals surface area contributed by atoms with Crippen molar-refractivity contribution < 1.29 is 27.1 Å².